The number of fused-ring (bicyclic) bond motifs is 1. The zero-order chi connectivity index (χ0) is 11.8. The average molecular weight is 361 g/mol. The highest BCUT2D eigenvalue weighted by Crippen LogP contribution is 2.37. The summed E-state index contributed by atoms with van der Waals surface area (Å²) in [6, 6.07) is 2.56. The summed E-state index contributed by atoms with van der Waals surface area (Å²) < 4.78 is 1.20. The van der Waals surface area contributed by atoms with Crippen molar-refractivity contribution in [2.75, 3.05) is 6.54 Å². The van der Waals surface area contributed by atoms with Gasteiger partial charge in [-0.3, -0.25) is 4.79 Å². The molecule has 1 aliphatic heterocycles. The van der Waals surface area contributed by atoms with E-state index in [0.717, 1.165) is 18.0 Å². The van der Waals surface area contributed by atoms with Crippen LogP contribution in [0.25, 0.3) is 0 Å². The molecule has 1 saturated carbocycles. The number of hydrogen-bond donors (Lipinski definition) is 0. The van der Waals surface area contributed by atoms with Gasteiger partial charge >= 0.3 is 0 Å². The quantitative estimate of drug-likeness (QED) is 0.698. The number of carbonyl (C=O) groups excluding carboxylic acids is 1. The molecule has 1 saturated heterocycles. The van der Waals surface area contributed by atoms with Gasteiger partial charge in [-0.1, -0.05) is 6.42 Å². The average Bonchev–Trinajstić information content (AvgIpc) is 2.95. The third-order valence-electron chi connectivity index (χ3n) is 4.07. The van der Waals surface area contributed by atoms with E-state index in [1.54, 1.807) is 11.3 Å². The Kier molecular flexibility index (Phi) is 3.43. The Morgan fingerprint density at radius 3 is 2.94 bits per heavy atom. The van der Waals surface area contributed by atoms with Crippen molar-refractivity contribution >= 4 is 39.8 Å². The first-order valence-corrected chi connectivity index (χ1v) is 8.26. The molecule has 2 unspecified atom stereocenters. The normalized spacial score (nSPS) is 28.2. The Morgan fingerprint density at radius 1 is 1.35 bits per heavy atom. The molecule has 2 heterocycles. The zero-order valence-electron chi connectivity index (χ0n) is 9.69. The summed E-state index contributed by atoms with van der Waals surface area (Å²) in [7, 11) is 0. The standard InChI is InChI=1S/C13H16INOS/c14-12-7-10(8-17-12)13(16)15-6-2-4-9-3-1-5-11(9)15/h7-9,11H,1-6H2. The van der Waals surface area contributed by atoms with Gasteiger partial charge in [0.05, 0.1) is 8.45 Å². The minimum Gasteiger partial charge on any atom is -0.335 e. The highest BCUT2D eigenvalue weighted by atomic mass is 127. The molecule has 1 aromatic heterocycles. The topological polar surface area (TPSA) is 20.3 Å². The van der Waals surface area contributed by atoms with Gasteiger partial charge in [-0.05, 0) is 60.3 Å². The molecule has 1 aliphatic carbocycles. The van der Waals surface area contributed by atoms with Crippen molar-refractivity contribution in [3.63, 3.8) is 0 Å². The van der Waals surface area contributed by atoms with Crippen LogP contribution in [0, 0.1) is 8.80 Å². The van der Waals surface area contributed by atoms with E-state index in [0.29, 0.717) is 6.04 Å². The van der Waals surface area contributed by atoms with Crippen LogP contribution in [0.2, 0.25) is 0 Å². The molecule has 0 spiro atoms. The number of carbonyl (C=O) groups is 1. The second-order valence-corrected chi connectivity index (χ2v) is 7.84. The maximum atomic E-state index is 12.5. The summed E-state index contributed by atoms with van der Waals surface area (Å²) in [6.07, 6.45) is 6.37. The lowest BCUT2D eigenvalue weighted by atomic mass is 9.91. The number of likely N-dealkylation sites (tertiary alicyclic amines) is 1. The van der Waals surface area contributed by atoms with Crippen molar-refractivity contribution in [1.29, 1.82) is 0 Å². The molecule has 4 heteroatoms. The number of nitrogens with zero attached hydrogens (tertiary/aromatic N) is 1. The van der Waals surface area contributed by atoms with Crippen LogP contribution in [-0.2, 0) is 0 Å². The van der Waals surface area contributed by atoms with E-state index < -0.39 is 0 Å². The van der Waals surface area contributed by atoms with E-state index in [1.807, 2.05) is 11.4 Å². The van der Waals surface area contributed by atoms with Gasteiger partial charge in [0.2, 0.25) is 0 Å². The number of amides is 1. The van der Waals surface area contributed by atoms with Gasteiger partial charge in [-0.2, -0.15) is 0 Å². The van der Waals surface area contributed by atoms with Crippen molar-refractivity contribution in [3.05, 3.63) is 19.9 Å². The summed E-state index contributed by atoms with van der Waals surface area (Å²) >= 11 is 3.94. The summed E-state index contributed by atoms with van der Waals surface area (Å²) in [4.78, 5) is 14.6. The fourth-order valence-corrected chi connectivity index (χ4v) is 4.61. The number of hydrogen-bond acceptors (Lipinski definition) is 2. The Morgan fingerprint density at radius 2 is 2.18 bits per heavy atom. The molecule has 2 atom stereocenters. The number of thiophene rings is 1. The van der Waals surface area contributed by atoms with Gasteiger partial charge in [-0.25, -0.2) is 0 Å². The lowest BCUT2D eigenvalue weighted by molar-refractivity contribution is 0.0549. The highest BCUT2D eigenvalue weighted by Gasteiger charge is 2.37. The number of piperidine rings is 1. The smallest absolute Gasteiger partial charge is 0.254 e. The SMILES string of the molecule is O=C(c1csc(I)c1)N1CCCC2CCCC21. The van der Waals surface area contributed by atoms with Crippen molar-refractivity contribution in [3.8, 4) is 0 Å². The molecule has 2 fully saturated rings. The first-order chi connectivity index (χ1) is 8.25. The van der Waals surface area contributed by atoms with Gasteiger partial charge in [-0.15, -0.1) is 11.3 Å². The molecule has 1 amide bonds. The Balaban J connectivity index is 1.81. The van der Waals surface area contributed by atoms with Crippen LogP contribution in [0.4, 0.5) is 0 Å². The van der Waals surface area contributed by atoms with E-state index in [-0.39, 0.29) is 5.91 Å². The van der Waals surface area contributed by atoms with Crippen LogP contribution in [-0.4, -0.2) is 23.4 Å². The van der Waals surface area contributed by atoms with Crippen LogP contribution in [0.15, 0.2) is 11.4 Å². The van der Waals surface area contributed by atoms with Crippen LogP contribution in [0.1, 0.15) is 42.5 Å². The molecule has 0 radical (unpaired) electrons. The fourth-order valence-electron chi connectivity index (χ4n) is 3.29. The van der Waals surface area contributed by atoms with Gasteiger partial charge in [0.25, 0.3) is 5.91 Å². The lowest BCUT2D eigenvalue weighted by Gasteiger charge is -2.37. The second kappa shape index (κ2) is 4.88. The van der Waals surface area contributed by atoms with Gasteiger partial charge in [0.15, 0.2) is 0 Å². The molecular formula is C13H16INOS. The highest BCUT2D eigenvalue weighted by molar-refractivity contribution is 14.1. The van der Waals surface area contributed by atoms with Crippen LogP contribution in [0.5, 0.6) is 0 Å². The first kappa shape index (κ1) is 12.0. The van der Waals surface area contributed by atoms with Crippen molar-refractivity contribution in [2.24, 2.45) is 5.92 Å². The van der Waals surface area contributed by atoms with E-state index >= 15 is 0 Å². The Labute approximate surface area is 120 Å². The van der Waals surface area contributed by atoms with E-state index in [9.17, 15) is 4.79 Å². The largest absolute Gasteiger partial charge is 0.335 e. The first-order valence-electron chi connectivity index (χ1n) is 6.31. The van der Waals surface area contributed by atoms with Gasteiger partial charge in [0.1, 0.15) is 0 Å². The lowest BCUT2D eigenvalue weighted by Crippen LogP contribution is -2.46. The molecule has 17 heavy (non-hydrogen) atoms. The van der Waals surface area contributed by atoms with Crippen LogP contribution >= 0.6 is 33.9 Å². The maximum Gasteiger partial charge on any atom is 0.254 e. The molecule has 0 bridgehead atoms. The molecule has 2 nitrogen and oxygen atoms in total. The van der Waals surface area contributed by atoms with E-state index in [2.05, 4.69) is 27.5 Å². The summed E-state index contributed by atoms with van der Waals surface area (Å²) in [6.45, 7) is 0.965. The minimum absolute atomic E-state index is 0.265. The van der Waals surface area contributed by atoms with Crippen LogP contribution in [0.3, 0.4) is 0 Å². The van der Waals surface area contributed by atoms with Crippen molar-refractivity contribution in [1.82, 2.24) is 4.90 Å². The monoisotopic (exact) mass is 361 g/mol. The van der Waals surface area contributed by atoms with Gasteiger partial charge < -0.3 is 4.90 Å². The third-order valence-corrected chi connectivity index (χ3v) is 5.86. The summed E-state index contributed by atoms with van der Waals surface area (Å²) in [5, 5.41) is 2.00. The minimum atomic E-state index is 0.265. The zero-order valence-corrected chi connectivity index (χ0v) is 12.7. The van der Waals surface area contributed by atoms with E-state index in [4.69, 9.17) is 0 Å². The molecule has 3 rings (SSSR count). The molecular weight excluding hydrogens is 345 g/mol. The van der Waals surface area contributed by atoms with Crippen molar-refractivity contribution < 1.29 is 4.79 Å². The van der Waals surface area contributed by atoms with E-state index in [1.165, 1.54) is 35.0 Å². The molecule has 92 valence electrons. The third kappa shape index (κ3) is 2.26. The molecule has 0 aromatic carbocycles. The van der Waals surface area contributed by atoms with Crippen LogP contribution < -0.4 is 0 Å². The Hall–Kier alpha value is -0.100. The number of rotatable bonds is 1. The maximum absolute atomic E-state index is 12.5. The molecule has 2 aliphatic rings. The summed E-state index contributed by atoms with van der Waals surface area (Å²) in [5.74, 6) is 1.05. The predicted octanol–water partition coefficient (Wildman–Crippen LogP) is 3.76. The Bertz CT molecular complexity index is 431. The fraction of sp³-hybridized carbons (Fsp3) is 0.615. The molecule has 1 aromatic rings. The summed E-state index contributed by atoms with van der Waals surface area (Å²) in [5.41, 5.74) is 0.895. The molecule has 0 N–H and O–H groups in total. The number of halogens is 1. The predicted molar refractivity (Wildman–Crippen MR) is 78.4 cm³/mol. The van der Waals surface area contributed by atoms with Crippen molar-refractivity contribution in [2.45, 2.75) is 38.1 Å². The van der Waals surface area contributed by atoms with Gasteiger partial charge in [0, 0.05) is 18.0 Å². The second-order valence-electron chi connectivity index (χ2n) is 5.04.